The van der Waals surface area contributed by atoms with Gasteiger partial charge in [-0.15, -0.1) is 24.0 Å². The van der Waals surface area contributed by atoms with E-state index >= 15 is 0 Å². The molecule has 0 radical (unpaired) electrons. The lowest BCUT2D eigenvalue weighted by atomic mass is 10.3. The third-order valence-electron chi connectivity index (χ3n) is 1.68. The molecule has 1 aromatic carbocycles. The number of fused-ring (bicyclic) bond motifs is 1. The van der Waals surface area contributed by atoms with Gasteiger partial charge in [-0.2, -0.15) is 0 Å². The van der Waals surface area contributed by atoms with Crippen molar-refractivity contribution in [3.8, 4) is 0 Å². The van der Waals surface area contributed by atoms with Crippen LogP contribution in [0.2, 0.25) is 0 Å². The second-order valence-corrected chi connectivity index (χ2v) is 3.78. The predicted octanol–water partition coefficient (Wildman–Crippen LogP) is 3.63. The number of alkyl halides is 1. The zero-order valence-electron chi connectivity index (χ0n) is 6.85. The van der Waals surface area contributed by atoms with Gasteiger partial charge in [-0.3, -0.25) is 0 Å². The number of hydrogen-bond donors (Lipinski definition) is 1. The molecule has 0 aliphatic rings. The van der Waals surface area contributed by atoms with Crippen molar-refractivity contribution in [2.75, 3.05) is 0 Å². The van der Waals surface area contributed by atoms with Gasteiger partial charge >= 0.3 is 0 Å². The minimum Gasteiger partial charge on any atom is -0.341 e. The van der Waals surface area contributed by atoms with Crippen LogP contribution in [0, 0.1) is 5.82 Å². The second-order valence-electron chi connectivity index (χ2n) is 2.60. The molecule has 0 aliphatic carbocycles. The summed E-state index contributed by atoms with van der Waals surface area (Å²) in [6, 6.07) is 3.14. The van der Waals surface area contributed by atoms with Crippen molar-refractivity contribution in [3.63, 3.8) is 0 Å². The number of aromatic amines is 1. The van der Waals surface area contributed by atoms with Gasteiger partial charge in [0, 0.05) is 4.47 Å². The average Bonchev–Trinajstić information content (AvgIpc) is 2.47. The molecule has 0 fully saturated rings. The quantitative estimate of drug-likeness (QED) is 0.801. The van der Waals surface area contributed by atoms with Crippen molar-refractivity contribution >= 4 is 51.0 Å². The summed E-state index contributed by atoms with van der Waals surface area (Å²) in [4.78, 5) is 6.90. The van der Waals surface area contributed by atoms with E-state index in [2.05, 4.69) is 25.9 Å². The second kappa shape index (κ2) is 4.47. The lowest BCUT2D eigenvalue weighted by molar-refractivity contribution is 0.636. The standard InChI is InChI=1S/C8H5BrClFN2.ClH/c9-4-1-5(11)8-6(2-4)12-7(3-10)13-8;/h1-2H,3H2,(H,12,13);1H. The van der Waals surface area contributed by atoms with E-state index in [1.54, 1.807) is 6.07 Å². The number of benzene rings is 1. The van der Waals surface area contributed by atoms with E-state index in [-0.39, 0.29) is 24.1 Å². The third-order valence-corrected chi connectivity index (χ3v) is 2.39. The Kier molecular flexibility index (Phi) is 3.75. The maximum absolute atomic E-state index is 13.2. The van der Waals surface area contributed by atoms with E-state index in [4.69, 9.17) is 11.6 Å². The molecule has 76 valence electrons. The molecule has 1 aromatic heterocycles. The van der Waals surface area contributed by atoms with E-state index in [1.807, 2.05) is 0 Å². The van der Waals surface area contributed by atoms with Crippen LogP contribution in [-0.2, 0) is 5.88 Å². The number of nitrogens with one attached hydrogen (secondary N) is 1. The fraction of sp³-hybridized carbons (Fsp3) is 0.125. The summed E-state index contributed by atoms with van der Waals surface area (Å²) in [7, 11) is 0. The van der Waals surface area contributed by atoms with Crippen LogP contribution < -0.4 is 0 Å². The van der Waals surface area contributed by atoms with Gasteiger partial charge in [0.25, 0.3) is 0 Å². The molecule has 0 atom stereocenters. The van der Waals surface area contributed by atoms with Crippen LogP contribution >= 0.6 is 39.9 Å². The van der Waals surface area contributed by atoms with Crippen LogP contribution in [-0.4, -0.2) is 9.97 Å². The first-order valence-electron chi connectivity index (χ1n) is 3.60. The van der Waals surface area contributed by atoms with Gasteiger partial charge in [0.1, 0.15) is 11.3 Å². The summed E-state index contributed by atoms with van der Waals surface area (Å²) in [5.74, 6) is 0.483. The highest BCUT2D eigenvalue weighted by molar-refractivity contribution is 9.10. The van der Waals surface area contributed by atoms with E-state index in [0.717, 1.165) is 0 Å². The molecule has 0 saturated heterocycles. The summed E-state index contributed by atoms with van der Waals surface area (Å²) in [6.45, 7) is 0. The van der Waals surface area contributed by atoms with Crippen molar-refractivity contribution < 1.29 is 4.39 Å². The molecule has 1 heterocycles. The van der Waals surface area contributed by atoms with Crippen LogP contribution in [0.15, 0.2) is 16.6 Å². The molecule has 0 saturated carbocycles. The summed E-state index contributed by atoms with van der Waals surface area (Å²) in [5.41, 5.74) is 0.987. The van der Waals surface area contributed by atoms with Gasteiger partial charge < -0.3 is 4.98 Å². The molecule has 0 bridgehead atoms. The summed E-state index contributed by atoms with van der Waals surface area (Å²) in [5, 5.41) is 0. The zero-order chi connectivity index (χ0) is 9.42. The molecule has 1 N–H and O–H groups in total. The maximum Gasteiger partial charge on any atom is 0.152 e. The Labute approximate surface area is 99.4 Å². The maximum atomic E-state index is 13.2. The van der Waals surface area contributed by atoms with Crippen molar-refractivity contribution in [3.05, 3.63) is 28.2 Å². The Morgan fingerprint density at radius 3 is 2.86 bits per heavy atom. The first-order chi connectivity index (χ1) is 6.20. The molecule has 14 heavy (non-hydrogen) atoms. The molecule has 0 aliphatic heterocycles. The lowest BCUT2D eigenvalue weighted by Gasteiger charge is -1.91. The molecule has 2 rings (SSSR count). The van der Waals surface area contributed by atoms with Crippen molar-refractivity contribution in [2.24, 2.45) is 0 Å². The minimum absolute atomic E-state index is 0. The van der Waals surface area contributed by atoms with E-state index in [0.29, 0.717) is 21.3 Å². The Morgan fingerprint density at radius 2 is 2.21 bits per heavy atom. The first-order valence-corrected chi connectivity index (χ1v) is 4.93. The number of hydrogen-bond acceptors (Lipinski definition) is 1. The number of H-pyrrole nitrogens is 1. The smallest absolute Gasteiger partial charge is 0.152 e. The highest BCUT2D eigenvalue weighted by Gasteiger charge is 2.07. The van der Waals surface area contributed by atoms with Crippen LogP contribution in [0.3, 0.4) is 0 Å². The SMILES string of the molecule is Cl.Fc1cc(Br)cc2[nH]c(CCl)nc12. The highest BCUT2D eigenvalue weighted by Crippen LogP contribution is 2.21. The number of halogens is 4. The van der Waals surface area contributed by atoms with Gasteiger partial charge in [-0.25, -0.2) is 9.37 Å². The van der Waals surface area contributed by atoms with Gasteiger partial charge in [-0.05, 0) is 12.1 Å². The van der Waals surface area contributed by atoms with Crippen LogP contribution in [0.1, 0.15) is 5.82 Å². The van der Waals surface area contributed by atoms with Crippen molar-refractivity contribution in [1.29, 1.82) is 0 Å². The van der Waals surface area contributed by atoms with Gasteiger partial charge in [0.15, 0.2) is 5.82 Å². The molecular formula is C8H6BrCl2FN2. The molecule has 0 amide bonds. The normalized spacial score (nSPS) is 10.2. The predicted molar refractivity (Wildman–Crippen MR) is 60.6 cm³/mol. The van der Waals surface area contributed by atoms with Gasteiger partial charge in [0.05, 0.1) is 11.4 Å². The van der Waals surface area contributed by atoms with Crippen LogP contribution in [0.5, 0.6) is 0 Å². The highest BCUT2D eigenvalue weighted by atomic mass is 79.9. The van der Waals surface area contributed by atoms with Crippen molar-refractivity contribution in [2.45, 2.75) is 5.88 Å². The summed E-state index contributed by atoms with van der Waals surface area (Å²) in [6.07, 6.45) is 0. The summed E-state index contributed by atoms with van der Waals surface area (Å²) >= 11 is 8.76. The molecular weight excluding hydrogens is 294 g/mol. The molecule has 0 spiro atoms. The first kappa shape index (κ1) is 11.8. The molecule has 6 heteroatoms. The largest absolute Gasteiger partial charge is 0.341 e. The van der Waals surface area contributed by atoms with E-state index in [9.17, 15) is 4.39 Å². The van der Waals surface area contributed by atoms with E-state index in [1.165, 1.54) is 6.07 Å². The Hall–Kier alpha value is -0.320. The topological polar surface area (TPSA) is 28.7 Å². The average molecular weight is 300 g/mol. The Morgan fingerprint density at radius 1 is 1.50 bits per heavy atom. The van der Waals surface area contributed by atoms with Crippen molar-refractivity contribution in [1.82, 2.24) is 9.97 Å². The molecule has 0 unspecified atom stereocenters. The fourth-order valence-corrected chi connectivity index (χ4v) is 1.71. The lowest BCUT2D eigenvalue weighted by Crippen LogP contribution is -1.79. The number of imidazole rings is 1. The monoisotopic (exact) mass is 298 g/mol. The van der Waals surface area contributed by atoms with Gasteiger partial charge in [-0.1, -0.05) is 15.9 Å². The Balaban J connectivity index is 0.000000980. The molecule has 2 nitrogen and oxygen atoms in total. The van der Waals surface area contributed by atoms with E-state index < -0.39 is 0 Å². The zero-order valence-corrected chi connectivity index (χ0v) is 10.0. The third kappa shape index (κ3) is 2.02. The fourth-order valence-electron chi connectivity index (χ4n) is 1.16. The van der Waals surface area contributed by atoms with Crippen LogP contribution in [0.25, 0.3) is 11.0 Å². The van der Waals surface area contributed by atoms with Gasteiger partial charge in [0.2, 0.25) is 0 Å². The van der Waals surface area contributed by atoms with Crippen LogP contribution in [0.4, 0.5) is 4.39 Å². The summed E-state index contributed by atoms with van der Waals surface area (Å²) < 4.78 is 13.9. The number of aromatic nitrogens is 2. The Bertz CT molecular complexity index is 458. The minimum atomic E-state index is -0.350. The molecule has 2 aromatic rings. The number of rotatable bonds is 1. The number of nitrogens with zero attached hydrogens (tertiary/aromatic N) is 1.